The van der Waals surface area contributed by atoms with Crippen molar-refractivity contribution >= 4 is 23.9 Å². The molecule has 0 spiro atoms. The predicted octanol–water partition coefficient (Wildman–Crippen LogP) is 2.80. The molecule has 0 radical (unpaired) electrons. The molecule has 2 aromatic rings. The van der Waals surface area contributed by atoms with E-state index in [1.165, 1.54) is 36.3 Å². The van der Waals surface area contributed by atoms with E-state index < -0.39 is 48.1 Å². The Morgan fingerprint density at radius 2 is 1.64 bits per heavy atom. The van der Waals surface area contributed by atoms with Crippen molar-refractivity contribution < 1.29 is 38.9 Å². The number of nitrogens with zero attached hydrogens (tertiary/aromatic N) is 1. The molecule has 39 heavy (non-hydrogen) atoms. The average molecular weight is 544 g/mol. The normalized spacial score (nSPS) is 12.5. The Hall–Kier alpha value is -4.28. The highest BCUT2D eigenvalue weighted by atomic mass is 16.6. The SMILES string of the molecule is CCCN(C(=O)C(Cc1ccc(O)cc1)NC(=O)OC(C)(C)C)C(C(=O)NCC(=O)OC)c1ccccc1O. The summed E-state index contributed by atoms with van der Waals surface area (Å²) in [5, 5.41) is 25.3. The fraction of sp³-hybridized carbons (Fsp3) is 0.429. The lowest BCUT2D eigenvalue weighted by Crippen LogP contribution is -2.54. The van der Waals surface area contributed by atoms with Crippen LogP contribution in [0, 0.1) is 0 Å². The average Bonchev–Trinajstić information content (AvgIpc) is 2.87. The monoisotopic (exact) mass is 543 g/mol. The van der Waals surface area contributed by atoms with Gasteiger partial charge in [0.15, 0.2) is 0 Å². The van der Waals surface area contributed by atoms with Crippen LogP contribution in [0.2, 0.25) is 0 Å². The first kappa shape index (κ1) is 30.9. The van der Waals surface area contributed by atoms with E-state index in [0.717, 1.165) is 0 Å². The van der Waals surface area contributed by atoms with Crippen LogP contribution in [-0.4, -0.2) is 70.8 Å². The minimum absolute atomic E-state index is 0.0237. The predicted molar refractivity (Wildman–Crippen MR) is 143 cm³/mol. The number of phenolic OH excluding ortho intramolecular Hbond substituents is 2. The summed E-state index contributed by atoms with van der Waals surface area (Å²) in [6, 6.07) is 9.71. The van der Waals surface area contributed by atoms with Crippen LogP contribution in [0.4, 0.5) is 4.79 Å². The van der Waals surface area contributed by atoms with Gasteiger partial charge < -0.3 is 35.2 Å². The Balaban J connectivity index is 2.52. The molecule has 212 valence electrons. The highest BCUT2D eigenvalue weighted by Gasteiger charge is 2.37. The molecule has 0 heterocycles. The first-order valence-electron chi connectivity index (χ1n) is 12.6. The molecular formula is C28H37N3O8. The highest BCUT2D eigenvalue weighted by Crippen LogP contribution is 2.30. The zero-order valence-electron chi connectivity index (χ0n) is 22.9. The third kappa shape index (κ3) is 9.51. The molecule has 4 N–H and O–H groups in total. The van der Waals surface area contributed by atoms with E-state index >= 15 is 0 Å². The van der Waals surface area contributed by atoms with Crippen LogP contribution in [-0.2, 0) is 30.3 Å². The molecule has 0 saturated carbocycles. The Bertz CT molecular complexity index is 1140. The molecule has 2 atom stereocenters. The molecule has 0 saturated heterocycles. The van der Waals surface area contributed by atoms with Gasteiger partial charge in [-0.05, 0) is 51.0 Å². The van der Waals surface area contributed by atoms with Crippen molar-refractivity contribution in [2.75, 3.05) is 20.2 Å². The van der Waals surface area contributed by atoms with Crippen LogP contribution < -0.4 is 10.6 Å². The number of esters is 1. The molecule has 2 aromatic carbocycles. The Labute approximate surface area is 228 Å². The van der Waals surface area contributed by atoms with E-state index in [1.807, 2.05) is 6.92 Å². The van der Waals surface area contributed by atoms with E-state index in [2.05, 4.69) is 15.4 Å². The van der Waals surface area contributed by atoms with Crippen molar-refractivity contribution in [3.05, 3.63) is 59.7 Å². The molecule has 0 aliphatic carbocycles. The lowest BCUT2D eigenvalue weighted by molar-refractivity contribution is -0.144. The topological polar surface area (TPSA) is 154 Å². The Kier molecular flexibility index (Phi) is 11.1. The minimum Gasteiger partial charge on any atom is -0.508 e. The summed E-state index contributed by atoms with van der Waals surface area (Å²) in [6.45, 7) is 6.52. The van der Waals surface area contributed by atoms with Gasteiger partial charge in [-0.3, -0.25) is 14.4 Å². The summed E-state index contributed by atoms with van der Waals surface area (Å²) >= 11 is 0. The second-order valence-corrected chi connectivity index (χ2v) is 9.86. The number of phenols is 2. The summed E-state index contributed by atoms with van der Waals surface area (Å²) < 4.78 is 9.97. The number of hydrogen-bond acceptors (Lipinski definition) is 8. The number of benzene rings is 2. The quantitative estimate of drug-likeness (QED) is 0.316. The number of carbonyl (C=O) groups excluding carboxylic acids is 4. The maximum atomic E-state index is 14.1. The number of rotatable bonds is 11. The van der Waals surface area contributed by atoms with Crippen LogP contribution in [0.25, 0.3) is 0 Å². The fourth-order valence-electron chi connectivity index (χ4n) is 3.82. The third-order valence-corrected chi connectivity index (χ3v) is 5.54. The fourth-order valence-corrected chi connectivity index (χ4v) is 3.82. The van der Waals surface area contributed by atoms with Crippen LogP contribution in [0.3, 0.4) is 0 Å². The van der Waals surface area contributed by atoms with Crippen LogP contribution in [0.15, 0.2) is 48.5 Å². The Morgan fingerprint density at radius 1 is 1.00 bits per heavy atom. The van der Waals surface area contributed by atoms with Crippen molar-refractivity contribution in [3.63, 3.8) is 0 Å². The molecular weight excluding hydrogens is 506 g/mol. The molecule has 11 nitrogen and oxygen atoms in total. The zero-order valence-corrected chi connectivity index (χ0v) is 22.9. The maximum Gasteiger partial charge on any atom is 0.408 e. The second-order valence-electron chi connectivity index (χ2n) is 9.86. The number of para-hydroxylation sites is 1. The molecule has 0 aliphatic rings. The van der Waals surface area contributed by atoms with Crippen molar-refractivity contribution in [1.29, 1.82) is 0 Å². The first-order valence-corrected chi connectivity index (χ1v) is 12.6. The molecule has 2 rings (SSSR count). The third-order valence-electron chi connectivity index (χ3n) is 5.54. The minimum atomic E-state index is -1.33. The summed E-state index contributed by atoms with van der Waals surface area (Å²) in [6.07, 6.45) is -0.362. The second kappa shape index (κ2) is 14.0. The van der Waals surface area contributed by atoms with Gasteiger partial charge in [0.2, 0.25) is 11.8 Å². The zero-order chi connectivity index (χ0) is 29.2. The van der Waals surface area contributed by atoms with Gasteiger partial charge in [-0.15, -0.1) is 0 Å². The molecule has 0 bridgehead atoms. The largest absolute Gasteiger partial charge is 0.508 e. The van der Waals surface area contributed by atoms with E-state index in [4.69, 9.17) is 4.74 Å². The lowest BCUT2D eigenvalue weighted by atomic mass is 9.99. The number of methoxy groups -OCH3 is 1. The molecule has 0 aliphatic heterocycles. The van der Waals surface area contributed by atoms with Gasteiger partial charge in [0, 0.05) is 18.5 Å². The summed E-state index contributed by atoms with van der Waals surface area (Å²) in [7, 11) is 1.18. The maximum absolute atomic E-state index is 14.1. The number of nitrogens with one attached hydrogen (secondary N) is 2. The van der Waals surface area contributed by atoms with Gasteiger partial charge in [-0.2, -0.15) is 0 Å². The summed E-state index contributed by atoms with van der Waals surface area (Å²) in [4.78, 5) is 53.2. The molecule has 0 aromatic heterocycles. The number of carbonyl (C=O) groups is 4. The smallest absolute Gasteiger partial charge is 0.408 e. The van der Waals surface area contributed by atoms with Crippen molar-refractivity contribution in [1.82, 2.24) is 15.5 Å². The van der Waals surface area contributed by atoms with E-state index in [1.54, 1.807) is 45.0 Å². The molecule has 3 amide bonds. The van der Waals surface area contributed by atoms with Crippen LogP contribution >= 0.6 is 0 Å². The number of amides is 3. The summed E-state index contributed by atoms with van der Waals surface area (Å²) in [5.74, 6) is -2.21. The molecule has 0 fully saturated rings. The number of ether oxygens (including phenoxy) is 2. The molecule has 2 unspecified atom stereocenters. The Morgan fingerprint density at radius 3 is 2.21 bits per heavy atom. The summed E-state index contributed by atoms with van der Waals surface area (Å²) in [5.41, 5.74) is -0.0546. The van der Waals surface area contributed by atoms with Gasteiger partial charge in [0.25, 0.3) is 0 Å². The van der Waals surface area contributed by atoms with Gasteiger partial charge in [-0.25, -0.2) is 4.79 Å². The van der Waals surface area contributed by atoms with Crippen molar-refractivity contribution in [2.45, 2.75) is 58.2 Å². The molecule has 11 heteroatoms. The number of aromatic hydroxyl groups is 2. The van der Waals surface area contributed by atoms with Gasteiger partial charge in [0.1, 0.15) is 35.7 Å². The lowest BCUT2D eigenvalue weighted by Gasteiger charge is -2.34. The van der Waals surface area contributed by atoms with E-state index in [9.17, 15) is 29.4 Å². The number of alkyl carbamates (subject to hydrolysis) is 1. The van der Waals surface area contributed by atoms with Crippen LogP contribution in [0.1, 0.15) is 51.3 Å². The van der Waals surface area contributed by atoms with Crippen molar-refractivity contribution in [3.8, 4) is 11.5 Å². The van der Waals surface area contributed by atoms with Crippen molar-refractivity contribution in [2.24, 2.45) is 0 Å². The van der Waals surface area contributed by atoms with Gasteiger partial charge in [-0.1, -0.05) is 37.3 Å². The van der Waals surface area contributed by atoms with Crippen LogP contribution in [0.5, 0.6) is 11.5 Å². The number of hydrogen-bond donors (Lipinski definition) is 4. The van der Waals surface area contributed by atoms with Gasteiger partial charge >= 0.3 is 12.1 Å². The van der Waals surface area contributed by atoms with E-state index in [-0.39, 0.29) is 30.0 Å². The standard InChI is InChI=1S/C28H37N3O8/c1-6-15-31(24(20-9-7-8-10-22(20)33)25(35)29-17-23(34)38-5)26(36)21(30-27(37)39-28(2,3)4)16-18-11-13-19(32)14-12-18/h7-14,21,24,32-33H,6,15-17H2,1-5H3,(H,29,35)(H,30,37). The highest BCUT2D eigenvalue weighted by molar-refractivity contribution is 5.93. The first-order chi connectivity index (χ1) is 18.4. The van der Waals surface area contributed by atoms with Gasteiger partial charge in [0.05, 0.1) is 7.11 Å². The van der Waals surface area contributed by atoms with E-state index in [0.29, 0.717) is 12.0 Å².